The Bertz CT molecular complexity index is 364. The molecular formula is C17H32N2O. The van der Waals surface area contributed by atoms with Crippen LogP contribution in [0.1, 0.15) is 60.3 Å². The third-order valence-electron chi connectivity index (χ3n) is 6.15. The lowest BCUT2D eigenvalue weighted by Crippen LogP contribution is -2.53. The summed E-state index contributed by atoms with van der Waals surface area (Å²) in [6.07, 6.45) is 4.28. The van der Waals surface area contributed by atoms with E-state index in [1.807, 2.05) is 0 Å². The molecule has 0 spiro atoms. The number of amides is 1. The van der Waals surface area contributed by atoms with E-state index in [0.29, 0.717) is 23.8 Å². The summed E-state index contributed by atoms with van der Waals surface area (Å²) in [5.74, 6) is 1.51. The van der Waals surface area contributed by atoms with Crippen molar-refractivity contribution in [1.82, 2.24) is 4.90 Å². The Morgan fingerprint density at radius 1 is 1.25 bits per heavy atom. The molecule has 2 fully saturated rings. The molecule has 1 aliphatic heterocycles. The van der Waals surface area contributed by atoms with E-state index in [0.717, 1.165) is 25.8 Å². The summed E-state index contributed by atoms with van der Waals surface area (Å²) in [6.45, 7) is 12.1. The molecule has 4 unspecified atom stereocenters. The molecule has 1 saturated heterocycles. The minimum atomic E-state index is 0.0128. The number of rotatable bonds is 2. The number of nitrogens with zero attached hydrogens (tertiary/aromatic N) is 1. The SMILES string of the molecule is CC(C)C1CCCN1C(=O)C1CCC(N)C(C)C1(C)C. The molecule has 2 N–H and O–H groups in total. The highest BCUT2D eigenvalue weighted by atomic mass is 16.2. The Balaban J connectivity index is 2.16. The van der Waals surface area contributed by atoms with Crippen LogP contribution in [0.15, 0.2) is 0 Å². The van der Waals surface area contributed by atoms with Crippen LogP contribution in [0.3, 0.4) is 0 Å². The van der Waals surface area contributed by atoms with Crippen LogP contribution in [-0.4, -0.2) is 29.4 Å². The topological polar surface area (TPSA) is 46.3 Å². The van der Waals surface area contributed by atoms with E-state index in [1.54, 1.807) is 0 Å². The van der Waals surface area contributed by atoms with Crippen LogP contribution in [0.25, 0.3) is 0 Å². The van der Waals surface area contributed by atoms with Crippen LogP contribution in [0, 0.1) is 23.2 Å². The molecular weight excluding hydrogens is 248 g/mol. The van der Waals surface area contributed by atoms with Gasteiger partial charge < -0.3 is 10.6 Å². The number of carbonyl (C=O) groups is 1. The Labute approximate surface area is 124 Å². The van der Waals surface area contributed by atoms with Crippen molar-refractivity contribution in [2.24, 2.45) is 28.9 Å². The highest BCUT2D eigenvalue weighted by Gasteiger charge is 2.47. The predicted molar refractivity (Wildman–Crippen MR) is 83.2 cm³/mol. The molecule has 1 saturated carbocycles. The molecule has 0 radical (unpaired) electrons. The molecule has 4 atom stereocenters. The average molecular weight is 280 g/mol. The number of hydrogen-bond donors (Lipinski definition) is 1. The quantitative estimate of drug-likeness (QED) is 0.845. The third-order valence-corrected chi connectivity index (χ3v) is 6.15. The molecule has 3 nitrogen and oxygen atoms in total. The molecule has 0 aromatic heterocycles. The van der Waals surface area contributed by atoms with Gasteiger partial charge in [-0.1, -0.05) is 34.6 Å². The van der Waals surface area contributed by atoms with Gasteiger partial charge >= 0.3 is 0 Å². The molecule has 0 aromatic rings. The van der Waals surface area contributed by atoms with Gasteiger partial charge in [0, 0.05) is 24.5 Å². The van der Waals surface area contributed by atoms with Crippen molar-refractivity contribution in [1.29, 1.82) is 0 Å². The van der Waals surface area contributed by atoms with Gasteiger partial charge in [0.05, 0.1) is 0 Å². The minimum absolute atomic E-state index is 0.0128. The van der Waals surface area contributed by atoms with Crippen LogP contribution in [0.5, 0.6) is 0 Å². The van der Waals surface area contributed by atoms with Crippen molar-refractivity contribution in [3.05, 3.63) is 0 Å². The van der Waals surface area contributed by atoms with Gasteiger partial charge in [-0.3, -0.25) is 4.79 Å². The van der Waals surface area contributed by atoms with Crippen LogP contribution in [0.2, 0.25) is 0 Å². The average Bonchev–Trinajstić information content (AvgIpc) is 2.85. The Morgan fingerprint density at radius 2 is 1.90 bits per heavy atom. The van der Waals surface area contributed by atoms with Gasteiger partial charge in [-0.05, 0) is 42.9 Å². The summed E-state index contributed by atoms with van der Waals surface area (Å²) in [7, 11) is 0. The Morgan fingerprint density at radius 3 is 2.50 bits per heavy atom. The molecule has 20 heavy (non-hydrogen) atoms. The molecule has 1 aliphatic carbocycles. The normalized spacial score (nSPS) is 37.5. The van der Waals surface area contributed by atoms with Crippen molar-refractivity contribution >= 4 is 5.91 Å². The first-order chi connectivity index (χ1) is 9.26. The Kier molecular flexibility index (Phi) is 4.48. The van der Waals surface area contributed by atoms with E-state index in [1.165, 1.54) is 6.42 Å². The first kappa shape index (κ1) is 15.8. The maximum atomic E-state index is 13.1. The second-order valence-corrected chi connectivity index (χ2v) is 7.89. The molecule has 0 aromatic carbocycles. The van der Waals surface area contributed by atoms with Crippen LogP contribution in [0.4, 0.5) is 0 Å². The maximum Gasteiger partial charge on any atom is 0.226 e. The molecule has 3 heteroatoms. The van der Waals surface area contributed by atoms with Gasteiger partial charge in [0.1, 0.15) is 0 Å². The number of carbonyl (C=O) groups excluding carboxylic acids is 1. The Hall–Kier alpha value is -0.570. The fourth-order valence-corrected chi connectivity index (χ4v) is 4.25. The van der Waals surface area contributed by atoms with Crippen LogP contribution in [-0.2, 0) is 4.79 Å². The largest absolute Gasteiger partial charge is 0.339 e. The van der Waals surface area contributed by atoms with Crippen LogP contribution >= 0.6 is 0 Å². The van der Waals surface area contributed by atoms with Gasteiger partial charge in [0.25, 0.3) is 0 Å². The summed E-state index contributed by atoms with van der Waals surface area (Å²) in [4.78, 5) is 15.2. The predicted octanol–water partition coefficient (Wildman–Crippen LogP) is 3.03. The molecule has 2 aliphatic rings. The summed E-state index contributed by atoms with van der Waals surface area (Å²) in [5, 5.41) is 0. The fourth-order valence-electron chi connectivity index (χ4n) is 4.25. The second kappa shape index (κ2) is 5.67. The highest BCUT2D eigenvalue weighted by molar-refractivity contribution is 5.80. The van der Waals surface area contributed by atoms with Crippen LogP contribution < -0.4 is 5.73 Å². The van der Waals surface area contributed by atoms with Crippen molar-refractivity contribution < 1.29 is 4.79 Å². The van der Waals surface area contributed by atoms with E-state index in [-0.39, 0.29) is 17.4 Å². The lowest BCUT2D eigenvalue weighted by atomic mass is 9.60. The van der Waals surface area contributed by atoms with Crippen molar-refractivity contribution in [2.75, 3.05) is 6.54 Å². The zero-order valence-corrected chi connectivity index (χ0v) is 13.9. The second-order valence-electron chi connectivity index (χ2n) is 7.89. The van der Waals surface area contributed by atoms with Gasteiger partial charge in [-0.2, -0.15) is 0 Å². The molecule has 116 valence electrons. The van der Waals surface area contributed by atoms with Gasteiger partial charge in [0.15, 0.2) is 0 Å². The lowest BCUT2D eigenvalue weighted by molar-refractivity contribution is -0.145. The molecule has 2 rings (SSSR count). The molecule has 1 amide bonds. The van der Waals surface area contributed by atoms with Crippen molar-refractivity contribution in [3.8, 4) is 0 Å². The van der Waals surface area contributed by atoms with Gasteiger partial charge in [-0.25, -0.2) is 0 Å². The summed E-state index contributed by atoms with van der Waals surface area (Å²) >= 11 is 0. The van der Waals surface area contributed by atoms with Gasteiger partial charge in [-0.15, -0.1) is 0 Å². The highest BCUT2D eigenvalue weighted by Crippen LogP contribution is 2.46. The summed E-state index contributed by atoms with van der Waals surface area (Å²) < 4.78 is 0. The third kappa shape index (κ3) is 2.61. The van der Waals surface area contributed by atoms with E-state index in [9.17, 15) is 4.79 Å². The minimum Gasteiger partial charge on any atom is -0.339 e. The fraction of sp³-hybridized carbons (Fsp3) is 0.941. The standard InChI is InChI=1S/C17H32N2O/c1-11(2)15-7-6-10-19(15)16(20)13-8-9-14(18)12(3)17(13,4)5/h11-15H,6-10,18H2,1-5H3. The number of hydrogen-bond acceptors (Lipinski definition) is 2. The smallest absolute Gasteiger partial charge is 0.226 e. The van der Waals surface area contributed by atoms with E-state index in [4.69, 9.17) is 5.73 Å². The first-order valence-electron chi connectivity index (χ1n) is 8.32. The summed E-state index contributed by atoms with van der Waals surface area (Å²) in [6, 6.07) is 0.692. The monoisotopic (exact) mass is 280 g/mol. The molecule has 0 bridgehead atoms. The zero-order valence-electron chi connectivity index (χ0n) is 13.9. The zero-order chi connectivity index (χ0) is 15.1. The first-order valence-corrected chi connectivity index (χ1v) is 8.32. The van der Waals surface area contributed by atoms with Gasteiger partial charge in [0.2, 0.25) is 5.91 Å². The number of likely N-dealkylation sites (tertiary alicyclic amines) is 1. The van der Waals surface area contributed by atoms with E-state index >= 15 is 0 Å². The maximum absolute atomic E-state index is 13.1. The molecule has 1 heterocycles. The number of nitrogens with two attached hydrogens (primary N) is 1. The van der Waals surface area contributed by atoms with E-state index < -0.39 is 0 Å². The summed E-state index contributed by atoms with van der Waals surface area (Å²) in [5.41, 5.74) is 6.23. The van der Waals surface area contributed by atoms with Crippen molar-refractivity contribution in [2.45, 2.75) is 72.4 Å². The van der Waals surface area contributed by atoms with Crippen molar-refractivity contribution in [3.63, 3.8) is 0 Å². The van der Waals surface area contributed by atoms with E-state index in [2.05, 4.69) is 39.5 Å². The lowest BCUT2D eigenvalue weighted by Gasteiger charge is -2.47.